The highest BCUT2D eigenvalue weighted by molar-refractivity contribution is 7.89. The van der Waals surface area contributed by atoms with E-state index in [-0.39, 0.29) is 10.7 Å². The molecule has 0 aliphatic heterocycles. The monoisotopic (exact) mass is 448 g/mol. The lowest BCUT2D eigenvalue weighted by molar-refractivity contribution is 0.227. The Morgan fingerprint density at radius 2 is 1.90 bits per heavy atom. The van der Waals surface area contributed by atoms with E-state index in [0.717, 1.165) is 24.3 Å². The van der Waals surface area contributed by atoms with Gasteiger partial charge in [-0.25, -0.2) is 22.1 Å². The van der Waals surface area contributed by atoms with Crippen LogP contribution in [0.2, 0.25) is 0 Å². The Morgan fingerprint density at radius 1 is 1.13 bits per heavy atom. The van der Waals surface area contributed by atoms with Crippen molar-refractivity contribution < 1.29 is 17.5 Å². The van der Waals surface area contributed by atoms with Gasteiger partial charge in [0.2, 0.25) is 10.0 Å². The van der Waals surface area contributed by atoms with E-state index >= 15 is 0 Å². The molecule has 0 atom stereocenters. The van der Waals surface area contributed by atoms with Crippen LogP contribution in [-0.2, 0) is 23.1 Å². The number of aromatic nitrogens is 2. The van der Waals surface area contributed by atoms with E-state index in [1.165, 1.54) is 30.5 Å². The average molecular weight is 449 g/mol. The summed E-state index contributed by atoms with van der Waals surface area (Å²) in [6.07, 6.45) is 0.933. The fraction of sp³-hybridized carbons (Fsp3) is 0.409. The molecular weight excluding hydrogens is 419 g/mol. The fourth-order valence-electron chi connectivity index (χ4n) is 3.32. The predicted molar refractivity (Wildman–Crippen MR) is 119 cm³/mol. The predicted octanol–water partition coefficient (Wildman–Crippen LogP) is 3.35. The van der Waals surface area contributed by atoms with Gasteiger partial charge in [0.25, 0.3) is 0 Å². The van der Waals surface area contributed by atoms with Crippen molar-refractivity contribution in [1.82, 2.24) is 18.8 Å². The van der Waals surface area contributed by atoms with E-state index in [1.807, 2.05) is 13.1 Å². The van der Waals surface area contributed by atoms with E-state index in [2.05, 4.69) is 16.4 Å². The van der Waals surface area contributed by atoms with Crippen LogP contribution in [0.15, 0.2) is 47.4 Å². The van der Waals surface area contributed by atoms with Crippen LogP contribution in [0.5, 0.6) is 5.75 Å². The summed E-state index contributed by atoms with van der Waals surface area (Å²) >= 11 is 0. The molecule has 31 heavy (non-hydrogen) atoms. The Balaban J connectivity index is 1.76. The first-order valence-corrected chi connectivity index (χ1v) is 11.6. The van der Waals surface area contributed by atoms with Crippen molar-refractivity contribution in [1.29, 1.82) is 0 Å². The van der Waals surface area contributed by atoms with Crippen molar-refractivity contribution in [2.75, 3.05) is 34.3 Å². The molecule has 0 bridgehead atoms. The van der Waals surface area contributed by atoms with Crippen LogP contribution in [0.25, 0.3) is 11.0 Å². The number of halogens is 1. The number of fused-ring (bicyclic) bond motifs is 1. The minimum atomic E-state index is -3.52. The molecular formula is C22H29FN4O3S. The van der Waals surface area contributed by atoms with Gasteiger partial charge in [-0.2, -0.15) is 0 Å². The summed E-state index contributed by atoms with van der Waals surface area (Å²) in [6, 6.07) is 11.2. The second kappa shape index (κ2) is 9.76. The van der Waals surface area contributed by atoms with Crippen molar-refractivity contribution in [3.63, 3.8) is 0 Å². The highest BCUT2D eigenvalue weighted by atomic mass is 32.2. The first kappa shape index (κ1) is 23.2. The van der Waals surface area contributed by atoms with Gasteiger partial charge in [-0.05, 0) is 43.8 Å². The summed E-state index contributed by atoms with van der Waals surface area (Å²) in [7, 11) is 1.48. The van der Waals surface area contributed by atoms with Crippen LogP contribution in [-0.4, -0.2) is 61.5 Å². The molecule has 168 valence electrons. The third-order valence-corrected chi connectivity index (χ3v) is 6.78. The number of likely N-dealkylation sites (N-methyl/N-ethyl adjacent to an activating group) is 1. The second-order valence-corrected chi connectivity index (χ2v) is 9.81. The Labute approximate surface area is 183 Å². The maximum Gasteiger partial charge on any atom is 0.242 e. The standard InChI is InChI=1S/C22H29FN4O3S/c1-5-11-27-21-10-9-19(31(28,29)25(2)3)15-20(21)24-22(27)16-26(4)12-13-30-18-8-6-7-17(23)14-18/h6-10,14-15H,5,11-13,16H2,1-4H3. The Morgan fingerprint density at radius 3 is 2.58 bits per heavy atom. The number of sulfonamides is 1. The van der Waals surface area contributed by atoms with Gasteiger partial charge in [0.15, 0.2) is 0 Å². The zero-order valence-electron chi connectivity index (χ0n) is 18.4. The zero-order chi connectivity index (χ0) is 22.6. The van der Waals surface area contributed by atoms with E-state index in [9.17, 15) is 12.8 Å². The van der Waals surface area contributed by atoms with E-state index in [1.54, 1.807) is 24.3 Å². The van der Waals surface area contributed by atoms with Crippen LogP contribution >= 0.6 is 0 Å². The van der Waals surface area contributed by atoms with Gasteiger partial charge in [0, 0.05) is 33.3 Å². The molecule has 0 radical (unpaired) electrons. The highest BCUT2D eigenvalue weighted by Crippen LogP contribution is 2.23. The molecule has 3 aromatic rings. The van der Waals surface area contributed by atoms with Crippen LogP contribution < -0.4 is 4.74 Å². The number of aryl methyl sites for hydroxylation is 1. The van der Waals surface area contributed by atoms with E-state index < -0.39 is 10.0 Å². The Bertz CT molecular complexity index is 1140. The summed E-state index contributed by atoms with van der Waals surface area (Å²) in [6.45, 7) is 4.51. The van der Waals surface area contributed by atoms with Crippen molar-refractivity contribution in [3.05, 3.63) is 54.1 Å². The zero-order valence-corrected chi connectivity index (χ0v) is 19.2. The molecule has 0 aliphatic rings. The molecule has 2 aromatic carbocycles. The van der Waals surface area contributed by atoms with Crippen molar-refractivity contribution >= 4 is 21.1 Å². The lowest BCUT2D eigenvalue weighted by Crippen LogP contribution is -2.25. The van der Waals surface area contributed by atoms with Crippen LogP contribution in [0, 0.1) is 5.82 Å². The first-order valence-electron chi connectivity index (χ1n) is 10.2. The Kier molecular flexibility index (Phi) is 7.30. The molecule has 3 rings (SSSR count). The SMILES string of the molecule is CCCn1c(CN(C)CCOc2cccc(F)c2)nc2cc(S(=O)(=O)N(C)C)ccc21. The normalized spacial score (nSPS) is 12.2. The molecule has 0 aliphatic carbocycles. The van der Waals surface area contributed by atoms with Gasteiger partial charge in [-0.1, -0.05) is 13.0 Å². The summed E-state index contributed by atoms with van der Waals surface area (Å²) in [5.74, 6) is 1.04. The van der Waals surface area contributed by atoms with Crippen molar-refractivity contribution in [3.8, 4) is 5.75 Å². The molecule has 0 saturated heterocycles. The Hall–Kier alpha value is -2.49. The van der Waals surface area contributed by atoms with E-state index in [4.69, 9.17) is 9.72 Å². The van der Waals surface area contributed by atoms with E-state index in [0.29, 0.717) is 31.0 Å². The average Bonchev–Trinajstić information content (AvgIpc) is 3.04. The summed E-state index contributed by atoms with van der Waals surface area (Å²) in [5.41, 5.74) is 1.58. The van der Waals surface area contributed by atoms with Crippen molar-refractivity contribution in [2.24, 2.45) is 0 Å². The molecule has 7 nitrogen and oxygen atoms in total. The van der Waals surface area contributed by atoms with Gasteiger partial charge < -0.3 is 9.30 Å². The largest absolute Gasteiger partial charge is 0.492 e. The maximum absolute atomic E-state index is 13.3. The number of imidazole rings is 1. The third kappa shape index (κ3) is 5.41. The number of benzene rings is 2. The van der Waals surface area contributed by atoms with Gasteiger partial charge >= 0.3 is 0 Å². The minimum Gasteiger partial charge on any atom is -0.492 e. The third-order valence-electron chi connectivity index (χ3n) is 4.97. The summed E-state index contributed by atoms with van der Waals surface area (Å²) in [5, 5.41) is 0. The van der Waals surface area contributed by atoms with Gasteiger partial charge in [-0.3, -0.25) is 4.90 Å². The first-order chi connectivity index (χ1) is 14.7. The van der Waals surface area contributed by atoms with Crippen LogP contribution in [0.1, 0.15) is 19.2 Å². The molecule has 1 heterocycles. The minimum absolute atomic E-state index is 0.231. The summed E-state index contributed by atoms with van der Waals surface area (Å²) in [4.78, 5) is 7.04. The molecule has 9 heteroatoms. The quantitative estimate of drug-likeness (QED) is 0.476. The lowest BCUT2D eigenvalue weighted by Gasteiger charge is -2.17. The second-order valence-electron chi connectivity index (χ2n) is 7.66. The number of ether oxygens (including phenoxy) is 1. The maximum atomic E-state index is 13.3. The molecule has 1 aromatic heterocycles. The van der Waals surface area contributed by atoms with Gasteiger partial charge in [0.05, 0.1) is 22.5 Å². The number of rotatable bonds is 10. The molecule has 0 amide bonds. The summed E-state index contributed by atoms with van der Waals surface area (Å²) < 4.78 is 47.2. The molecule has 0 spiro atoms. The number of hydrogen-bond donors (Lipinski definition) is 0. The van der Waals surface area contributed by atoms with Gasteiger partial charge in [-0.15, -0.1) is 0 Å². The topological polar surface area (TPSA) is 67.7 Å². The van der Waals surface area contributed by atoms with Gasteiger partial charge in [0.1, 0.15) is 24.0 Å². The smallest absolute Gasteiger partial charge is 0.242 e. The number of nitrogens with zero attached hydrogens (tertiary/aromatic N) is 4. The molecule has 0 fully saturated rings. The lowest BCUT2D eigenvalue weighted by atomic mass is 10.3. The number of hydrogen-bond acceptors (Lipinski definition) is 5. The van der Waals surface area contributed by atoms with Crippen LogP contribution in [0.3, 0.4) is 0 Å². The molecule has 0 unspecified atom stereocenters. The van der Waals surface area contributed by atoms with Crippen LogP contribution in [0.4, 0.5) is 4.39 Å². The van der Waals surface area contributed by atoms with Crippen molar-refractivity contribution in [2.45, 2.75) is 31.3 Å². The fourth-order valence-corrected chi connectivity index (χ4v) is 4.24. The highest BCUT2D eigenvalue weighted by Gasteiger charge is 2.20. The molecule has 0 N–H and O–H groups in total. The molecule has 0 saturated carbocycles.